The minimum absolute atomic E-state index is 0.347. The molecule has 0 saturated heterocycles. The molecule has 0 aliphatic heterocycles. The number of hydrogen-bond donors (Lipinski definition) is 0. The van der Waals surface area contributed by atoms with Crippen LogP contribution >= 0.6 is 22.9 Å². The van der Waals surface area contributed by atoms with Crippen molar-refractivity contribution >= 4 is 39.0 Å². The molecule has 1 aliphatic rings. The Hall–Kier alpha value is -0.870. The maximum absolute atomic E-state index is 5.99. The largest absolute Gasteiger partial charge is 0.362 e. The number of nitrogens with zero attached hydrogens (tertiary/aromatic N) is 3. The molecule has 1 aliphatic carbocycles. The van der Waals surface area contributed by atoms with Gasteiger partial charge >= 0.3 is 0 Å². The molecule has 90 valence electrons. The van der Waals surface area contributed by atoms with Crippen molar-refractivity contribution in [2.75, 3.05) is 19.0 Å². The van der Waals surface area contributed by atoms with E-state index in [0.717, 1.165) is 17.1 Å². The quantitative estimate of drug-likeness (QED) is 0.743. The zero-order chi connectivity index (χ0) is 12.0. The topological polar surface area (TPSA) is 29.0 Å². The zero-order valence-electron chi connectivity index (χ0n) is 9.96. The minimum atomic E-state index is 0.347. The van der Waals surface area contributed by atoms with Crippen molar-refractivity contribution in [2.45, 2.75) is 25.7 Å². The minimum Gasteiger partial charge on any atom is -0.362 e. The van der Waals surface area contributed by atoms with Gasteiger partial charge < -0.3 is 4.90 Å². The van der Waals surface area contributed by atoms with Crippen molar-refractivity contribution in [3.8, 4) is 0 Å². The van der Waals surface area contributed by atoms with E-state index in [-0.39, 0.29) is 0 Å². The highest BCUT2D eigenvalue weighted by atomic mass is 35.5. The lowest BCUT2D eigenvalue weighted by atomic mass is 9.97. The van der Waals surface area contributed by atoms with Crippen LogP contribution in [0.2, 0.25) is 5.28 Å². The molecule has 0 atom stereocenters. The number of fused-ring (bicyclic) bond motifs is 3. The standard InChI is InChI=1S/C12H14ClN3S/c1-16(2)10-9-7-5-3-4-6-8(7)17-11(9)15-12(13)14-10/h3-6H2,1-2H3. The van der Waals surface area contributed by atoms with E-state index in [0.29, 0.717) is 5.28 Å². The fourth-order valence-electron chi connectivity index (χ4n) is 2.44. The third kappa shape index (κ3) is 1.79. The molecule has 0 bridgehead atoms. The molecule has 0 unspecified atom stereocenters. The van der Waals surface area contributed by atoms with Gasteiger partial charge in [-0.2, -0.15) is 4.98 Å². The van der Waals surface area contributed by atoms with Gasteiger partial charge in [0.05, 0.1) is 5.39 Å². The molecule has 0 saturated carbocycles. The highest BCUT2D eigenvalue weighted by molar-refractivity contribution is 7.19. The summed E-state index contributed by atoms with van der Waals surface area (Å²) in [6.07, 6.45) is 4.90. The van der Waals surface area contributed by atoms with Crippen LogP contribution in [-0.4, -0.2) is 24.1 Å². The van der Waals surface area contributed by atoms with Gasteiger partial charge in [-0.1, -0.05) is 0 Å². The summed E-state index contributed by atoms with van der Waals surface area (Å²) in [6.45, 7) is 0. The second-order valence-electron chi connectivity index (χ2n) is 4.60. The Morgan fingerprint density at radius 1 is 1.18 bits per heavy atom. The van der Waals surface area contributed by atoms with Gasteiger partial charge in [0.2, 0.25) is 5.28 Å². The van der Waals surface area contributed by atoms with Gasteiger partial charge in [0, 0.05) is 19.0 Å². The van der Waals surface area contributed by atoms with Crippen LogP contribution in [0, 0.1) is 0 Å². The number of halogens is 1. The molecule has 0 spiro atoms. The second-order valence-corrected chi connectivity index (χ2v) is 6.02. The monoisotopic (exact) mass is 267 g/mol. The average Bonchev–Trinajstić information content (AvgIpc) is 2.65. The Balaban J connectivity index is 2.34. The van der Waals surface area contributed by atoms with E-state index >= 15 is 0 Å². The molecule has 2 aromatic heterocycles. The molecule has 0 amide bonds. The van der Waals surface area contributed by atoms with Crippen LogP contribution < -0.4 is 4.90 Å². The van der Waals surface area contributed by atoms with Crippen LogP contribution in [0.5, 0.6) is 0 Å². The predicted octanol–water partition coefficient (Wildman–Crippen LogP) is 3.29. The van der Waals surface area contributed by atoms with Crippen molar-refractivity contribution in [3.63, 3.8) is 0 Å². The lowest BCUT2D eigenvalue weighted by Crippen LogP contribution is -2.12. The van der Waals surface area contributed by atoms with Gasteiger partial charge in [-0.05, 0) is 42.8 Å². The molecular weight excluding hydrogens is 254 g/mol. The summed E-state index contributed by atoms with van der Waals surface area (Å²) in [7, 11) is 4.01. The number of rotatable bonds is 1. The van der Waals surface area contributed by atoms with Crippen LogP contribution in [0.25, 0.3) is 10.2 Å². The van der Waals surface area contributed by atoms with E-state index in [2.05, 4.69) is 9.97 Å². The van der Waals surface area contributed by atoms with Crippen LogP contribution in [-0.2, 0) is 12.8 Å². The molecule has 0 aromatic carbocycles. The number of aryl methyl sites for hydroxylation is 2. The number of hydrogen-bond acceptors (Lipinski definition) is 4. The zero-order valence-corrected chi connectivity index (χ0v) is 11.5. The van der Waals surface area contributed by atoms with Crippen LogP contribution in [0.4, 0.5) is 5.82 Å². The summed E-state index contributed by atoms with van der Waals surface area (Å²) >= 11 is 7.77. The lowest BCUT2D eigenvalue weighted by Gasteiger charge is -2.15. The highest BCUT2D eigenvalue weighted by Crippen LogP contribution is 2.39. The van der Waals surface area contributed by atoms with Crippen LogP contribution in [0.1, 0.15) is 23.3 Å². The molecule has 0 N–H and O–H groups in total. The first-order chi connectivity index (χ1) is 8.16. The van der Waals surface area contributed by atoms with Crippen LogP contribution in [0.15, 0.2) is 0 Å². The molecule has 0 radical (unpaired) electrons. The summed E-state index contributed by atoms with van der Waals surface area (Å²) in [5, 5.41) is 1.57. The molecule has 2 aromatic rings. The van der Waals surface area contributed by atoms with Crippen molar-refractivity contribution in [1.29, 1.82) is 0 Å². The Morgan fingerprint density at radius 3 is 2.71 bits per heavy atom. The summed E-state index contributed by atoms with van der Waals surface area (Å²) in [6, 6.07) is 0. The molecule has 0 fully saturated rings. The number of thiophene rings is 1. The van der Waals surface area contributed by atoms with E-state index in [1.54, 1.807) is 11.3 Å². The van der Waals surface area contributed by atoms with E-state index in [1.807, 2.05) is 19.0 Å². The Bertz CT molecular complexity index is 577. The van der Waals surface area contributed by atoms with Crippen molar-refractivity contribution in [2.24, 2.45) is 0 Å². The number of anilines is 1. The van der Waals surface area contributed by atoms with Gasteiger partial charge in [0.15, 0.2) is 0 Å². The first kappa shape index (κ1) is 11.2. The first-order valence-electron chi connectivity index (χ1n) is 5.82. The fraction of sp³-hybridized carbons (Fsp3) is 0.500. The summed E-state index contributed by atoms with van der Waals surface area (Å²) in [5.74, 6) is 0.958. The van der Waals surface area contributed by atoms with Crippen molar-refractivity contribution in [1.82, 2.24) is 9.97 Å². The number of aromatic nitrogens is 2. The molecular formula is C12H14ClN3S. The smallest absolute Gasteiger partial charge is 0.225 e. The van der Waals surface area contributed by atoms with E-state index in [9.17, 15) is 0 Å². The Morgan fingerprint density at radius 2 is 1.94 bits per heavy atom. The summed E-state index contributed by atoms with van der Waals surface area (Å²) < 4.78 is 0. The average molecular weight is 268 g/mol. The first-order valence-corrected chi connectivity index (χ1v) is 7.01. The molecule has 3 rings (SSSR count). The third-order valence-corrected chi connectivity index (χ3v) is 4.55. The molecule has 17 heavy (non-hydrogen) atoms. The normalized spacial score (nSPS) is 15.0. The van der Waals surface area contributed by atoms with Gasteiger partial charge in [-0.25, -0.2) is 4.98 Å². The highest BCUT2D eigenvalue weighted by Gasteiger charge is 2.21. The lowest BCUT2D eigenvalue weighted by molar-refractivity contribution is 0.700. The molecule has 3 nitrogen and oxygen atoms in total. The second kappa shape index (κ2) is 4.10. The predicted molar refractivity (Wildman–Crippen MR) is 73.4 cm³/mol. The van der Waals surface area contributed by atoms with E-state index in [4.69, 9.17) is 11.6 Å². The molecule has 5 heteroatoms. The van der Waals surface area contributed by atoms with Gasteiger partial charge in [-0.3, -0.25) is 0 Å². The van der Waals surface area contributed by atoms with Crippen molar-refractivity contribution in [3.05, 3.63) is 15.7 Å². The van der Waals surface area contributed by atoms with Gasteiger partial charge in [0.25, 0.3) is 0 Å². The van der Waals surface area contributed by atoms with Gasteiger partial charge in [0.1, 0.15) is 10.6 Å². The van der Waals surface area contributed by atoms with Crippen LogP contribution in [0.3, 0.4) is 0 Å². The van der Waals surface area contributed by atoms with Crippen molar-refractivity contribution < 1.29 is 0 Å². The maximum Gasteiger partial charge on any atom is 0.225 e. The summed E-state index contributed by atoms with van der Waals surface area (Å²) in [5.41, 5.74) is 1.46. The fourth-order valence-corrected chi connectivity index (χ4v) is 3.91. The Labute approximate surface area is 109 Å². The Kier molecular flexibility index (Phi) is 2.71. The third-order valence-electron chi connectivity index (χ3n) is 3.19. The van der Waals surface area contributed by atoms with E-state index in [1.165, 1.54) is 35.1 Å². The summed E-state index contributed by atoms with van der Waals surface area (Å²) in [4.78, 5) is 13.3. The SMILES string of the molecule is CN(C)c1nc(Cl)nc2sc3c(c12)CCCC3. The van der Waals surface area contributed by atoms with Gasteiger partial charge in [-0.15, -0.1) is 11.3 Å². The molecule has 2 heterocycles. The maximum atomic E-state index is 5.99. The van der Waals surface area contributed by atoms with E-state index < -0.39 is 0 Å².